The molecule has 1 unspecified atom stereocenters. The number of sulfone groups is 2. The molecule has 2 rings (SSSR count). The van der Waals surface area contributed by atoms with Crippen LogP contribution in [0.25, 0.3) is 0 Å². The highest BCUT2D eigenvalue weighted by Gasteiger charge is 2.37. The fraction of sp³-hybridized carbons (Fsp3) is 0.357. The molecular formula is C14H17NO5S2. The van der Waals surface area contributed by atoms with E-state index in [9.17, 15) is 21.6 Å². The van der Waals surface area contributed by atoms with Crippen molar-refractivity contribution in [3.05, 3.63) is 42.5 Å². The Labute approximate surface area is 130 Å². The summed E-state index contributed by atoms with van der Waals surface area (Å²) >= 11 is 0. The maximum atomic E-state index is 12.4. The number of hydrogen-bond donors (Lipinski definition) is 1. The maximum absolute atomic E-state index is 12.4. The molecule has 1 amide bonds. The van der Waals surface area contributed by atoms with E-state index in [4.69, 9.17) is 0 Å². The maximum Gasteiger partial charge on any atom is 0.251 e. The summed E-state index contributed by atoms with van der Waals surface area (Å²) in [5.41, 5.74) is 0.333. The fourth-order valence-electron chi connectivity index (χ4n) is 2.26. The minimum Gasteiger partial charge on any atom is -0.349 e. The van der Waals surface area contributed by atoms with Crippen LogP contribution in [0.5, 0.6) is 0 Å². The van der Waals surface area contributed by atoms with Gasteiger partial charge in [-0.15, -0.1) is 6.58 Å². The number of amides is 1. The van der Waals surface area contributed by atoms with Crippen molar-refractivity contribution < 1.29 is 21.6 Å². The summed E-state index contributed by atoms with van der Waals surface area (Å²) in [5.74, 6) is -0.761. The summed E-state index contributed by atoms with van der Waals surface area (Å²) in [7, 11) is -6.97. The quantitative estimate of drug-likeness (QED) is 0.788. The van der Waals surface area contributed by atoms with E-state index in [1.54, 1.807) is 0 Å². The van der Waals surface area contributed by atoms with Gasteiger partial charge in [-0.2, -0.15) is 0 Å². The molecule has 1 atom stereocenters. The first kappa shape index (κ1) is 16.7. The lowest BCUT2D eigenvalue weighted by molar-refractivity contribution is 0.0958. The normalized spacial score (nSPS) is 20.5. The molecule has 1 aromatic carbocycles. The minimum absolute atomic E-state index is 0.0369. The Morgan fingerprint density at radius 1 is 1.32 bits per heavy atom. The topological polar surface area (TPSA) is 97.4 Å². The van der Waals surface area contributed by atoms with E-state index in [0.29, 0.717) is 12.1 Å². The number of benzene rings is 1. The third-order valence-corrected chi connectivity index (χ3v) is 7.67. The van der Waals surface area contributed by atoms with Gasteiger partial charge in [0.2, 0.25) is 0 Å². The summed E-state index contributed by atoms with van der Waals surface area (Å²) < 4.78 is 47.7. The van der Waals surface area contributed by atoms with Gasteiger partial charge in [-0.25, -0.2) is 16.8 Å². The number of hydrogen-bond acceptors (Lipinski definition) is 5. The number of rotatable bonds is 5. The van der Waals surface area contributed by atoms with Crippen LogP contribution < -0.4 is 5.32 Å². The van der Waals surface area contributed by atoms with Gasteiger partial charge in [0.1, 0.15) is 0 Å². The largest absolute Gasteiger partial charge is 0.349 e. The van der Waals surface area contributed by atoms with Crippen LogP contribution in [-0.2, 0) is 19.7 Å². The van der Waals surface area contributed by atoms with E-state index in [1.165, 1.54) is 30.3 Å². The van der Waals surface area contributed by atoms with Crippen LogP contribution in [0.1, 0.15) is 16.8 Å². The van der Waals surface area contributed by atoms with Gasteiger partial charge in [-0.05, 0) is 30.7 Å². The van der Waals surface area contributed by atoms with Crippen LogP contribution in [0.4, 0.5) is 0 Å². The molecule has 1 saturated heterocycles. The molecule has 0 aromatic heterocycles. The van der Waals surface area contributed by atoms with E-state index < -0.39 is 24.9 Å². The zero-order valence-electron chi connectivity index (χ0n) is 11.9. The first-order valence-electron chi connectivity index (χ1n) is 6.70. The van der Waals surface area contributed by atoms with Crippen molar-refractivity contribution in [2.24, 2.45) is 0 Å². The van der Waals surface area contributed by atoms with Crippen LogP contribution >= 0.6 is 0 Å². The lowest BCUT2D eigenvalue weighted by Gasteiger charge is -2.10. The molecule has 0 bridgehead atoms. The molecular weight excluding hydrogens is 326 g/mol. The second-order valence-electron chi connectivity index (χ2n) is 5.09. The SMILES string of the molecule is C=CCNC(=O)c1ccc(S(=O)(=O)C2CCS(=O)(=O)C2)cc1. The van der Waals surface area contributed by atoms with Gasteiger partial charge in [0.05, 0.1) is 21.7 Å². The third-order valence-electron chi connectivity index (χ3n) is 3.48. The monoisotopic (exact) mass is 343 g/mol. The standard InChI is InChI=1S/C14H17NO5S2/c1-2-8-15-14(16)11-3-5-12(6-4-11)22(19,20)13-7-9-21(17,18)10-13/h2-6,13H,1,7-10H2,(H,15,16). The van der Waals surface area contributed by atoms with E-state index in [0.717, 1.165) is 0 Å². The third kappa shape index (κ3) is 3.56. The minimum atomic E-state index is -3.70. The summed E-state index contributed by atoms with van der Waals surface area (Å²) in [4.78, 5) is 11.8. The Kier molecular flexibility index (Phi) is 4.72. The van der Waals surface area contributed by atoms with Crippen molar-refractivity contribution in [3.8, 4) is 0 Å². The number of nitrogens with one attached hydrogen (secondary N) is 1. The first-order chi connectivity index (χ1) is 10.3. The van der Waals surface area contributed by atoms with E-state index in [-0.39, 0.29) is 28.7 Å². The molecule has 0 saturated carbocycles. The molecule has 0 spiro atoms. The van der Waals surface area contributed by atoms with Gasteiger partial charge in [0.25, 0.3) is 5.91 Å². The van der Waals surface area contributed by atoms with Crippen molar-refractivity contribution in [2.75, 3.05) is 18.1 Å². The van der Waals surface area contributed by atoms with Crippen LogP contribution in [0.15, 0.2) is 41.8 Å². The highest BCUT2D eigenvalue weighted by atomic mass is 32.2. The Bertz CT molecular complexity index is 779. The Morgan fingerprint density at radius 2 is 1.95 bits per heavy atom. The zero-order chi connectivity index (χ0) is 16.4. The molecule has 1 fully saturated rings. The zero-order valence-corrected chi connectivity index (χ0v) is 13.5. The molecule has 8 heteroatoms. The Hall–Kier alpha value is -1.67. The molecule has 22 heavy (non-hydrogen) atoms. The highest BCUT2D eigenvalue weighted by molar-refractivity contribution is 7.96. The lowest BCUT2D eigenvalue weighted by atomic mass is 10.2. The van der Waals surface area contributed by atoms with Gasteiger partial charge < -0.3 is 5.32 Å². The smallest absolute Gasteiger partial charge is 0.251 e. The van der Waals surface area contributed by atoms with E-state index >= 15 is 0 Å². The summed E-state index contributed by atoms with van der Waals surface area (Å²) in [6.45, 7) is 3.80. The van der Waals surface area contributed by atoms with Crippen LogP contribution in [0, 0.1) is 0 Å². The van der Waals surface area contributed by atoms with Crippen molar-refractivity contribution in [2.45, 2.75) is 16.6 Å². The van der Waals surface area contributed by atoms with E-state index in [1.807, 2.05) is 0 Å². The second-order valence-corrected chi connectivity index (χ2v) is 9.55. The molecule has 1 aliphatic rings. The molecule has 120 valence electrons. The number of carbonyl (C=O) groups is 1. The molecule has 0 aliphatic carbocycles. The summed E-state index contributed by atoms with van der Waals surface area (Å²) in [5, 5.41) is 1.68. The molecule has 1 aliphatic heterocycles. The second kappa shape index (κ2) is 6.21. The summed E-state index contributed by atoms with van der Waals surface area (Å²) in [6, 6.07) is 5.50. The van der Waals surface area contributed by atoms with Gasteiger partial charge in [-0.3, -0.25) is 4.79 Å². The first-order valence-corrected chi connectivity index (χ1v) is 10.1. The summed E-state index contributed by atoms with van der Waals surface area (Å²) in [6.07, 6.45) is 1.66. The molecule has 1 aromatic rings. The van der Waals surface area contributed by atoms with Gasteiger partial charge in [0.15, 0.2) is 19.7 Å². The number of carbonyl (C=O) groups excluding carboxylic acids is 1. The average Bonchev–Trinajstić information content (AvgIpc) is 2.86. The molecule has 0 radical (unpaired) electrons. The highest BCUT2D eigenvalue weighted by Crippen LogP contribution is 2.25. The fourth-order valence-corrected chi connectivity index (χ4v) is 6.62. The van der Waals surface area contributed by atoms with Crippen molar-refractivity contribution in [1.82, 2.24) is 5.32 Å². The van der Waals surface area contributed by atoms with Gasteiger partial charge in [-0.1, -0.05) is 6.08 Å². The Morgan fingerprint density at radius 3 is 2.45 bits per heavy atom. The lowest BCUT2D eigenvalue weighted by Crippen LogP contribution is -2.24. The average molecular weight is 343 g/mol. The van der Waals surface area contributed by atoms with Crippen molar-refractivity contribution >= 4 is 25.6 Å². The Balaban J connectivity index is 2.19. The van der Waals surface area contributed by atoms with Crippen LogP contribution in [-0.4, -0.2) is 46.0 Å². The molecule has 1 heterocycles. The van der Waals surface area contributed by atoms with E-state index in [2.05, 4.69) is 11.9 Å². The van der Waals surface area contributed by atoms with Crippen LogP contribution in [0.3, 0.4) is 0 Å². The van der Waals surface area contributed by atoms with Gasteiger partial charge >= 0.3 is 0 Å². The van der Waals surface area contributed by atoms with Gasteiger partial charge in [0, 0.05) is 12.1 Å². The van der Waals surface area contributed by atoms with Crippen molar-refractivity contribution in [1.29, 1.82) is 0 Å². The molecule has 6 nitrogen and oxygen atoms in total. The predicted octanol–water partition coefficient (Wildman–Crippen LogP) is 0.563. The van der Waals surface area contributed by atoms with Crippen LogP contribution in [0.2, 0.25) is 0 Å². The predicted molar refractivity (Wildman–Crippen MR) is 83.2 cm³/mol. The molecule has 1 N–H and O–H groups in total. The van der Waals surface area contributed by atoms with Crippen molar-refractivity contribution in [3.63, 3.8) is 0 Å².